The number of aliphatic hydroxyl groups is 1. The zero-order valence-electron chi connectivity index (χ0n) is 11.9. The number of rotatable bonds is 2. The Balaban J connectivity index is 0.000000282. The summed E-state index contributed by atoms with van der Waals surface area (Å²) in [5, 5.41) is 10.7. The third kappa shape index (κ3) is 4.14. The van der Waals surface area contributed by atoms with Gasteiger partial charge in [0.15, 0.2) is 0 Å². The van der Waals surface area contributed by atoms with Crippen LogP contribution in [0.5, 0.6) is 0 Å². The molecule has 0 aliphatic carbocycles. The minimum absolute atomic E-state index is 0.407. The molecule has 0 unspecified atom stereocenters. The maximum atomic E-state index is 10.7. The summed E-state index contributed by atoms with van der Waals surface area (Å²) < 4.78 is 31.1. The van der Waals surface area contributed by atoms with Crippen molar-refractivity contribution >= 4 is 0 Å². The molecule has 4 N–H and O–H groups in total. The number of benzene rings is 1. The van der Waals surface area contributed by atoms with Crippen LogP contribution < -0.4 is 4.66 Å². The van der Waals surface area contributed by atoms with E-state index in [1.54, 1.807) is 0 Å². The van der Waals surface area contributed by atoms with E-state index in [9.17, 15) is 5.11 Å². The molecule has 0 spiro atoms. The third-order valence-electron chi connectivity index (χ3n) is 4.54. The van der Waals surface area contributed by atoms with Crippen molar-refractivity contribution in [2.24, 2.45) is 0 Å². The van der Waals surface area contributed by atoms with Gasteiger partial charge in [-0.25, -0.2) is 0 Å². The maximum absolute atomic E-state index is 10.7. The van der Waals surface area contributed by atoms with E-state index in [-0.39, 0.29) is 0 Å². The third-order valence-corrected chi connectivity index (χ3v) is 4.54. The summed E-state index contributed by atoms with van der Waals surface area (Å²) in [5.74, 6) is 0. The van der Waals surface area contributed by atoms with Gasteiger partial charge < -0.3 is 5.11 Å². The van der Waals surface area contributed by atoms with E-state index >= 15 is 0 Å². The van der Waals surface area contributed by atoms with Gasteiger partial charge in [0.05, 0.1) is 13.1 Å². The topological polar surface area (TPSA) is 104 Å². The summed E-state index contributed by atoms with van der Waals surface area (Å²) in [4.78, 5) is 0. The second-order valence-corrected chi connectivity index (χ2v) is 6.73. The normalized spacial score (nSPS) is 32.2. The van der Waals surface area contributed by atoms with E-state index in [0.29, 0.717) is 0 Å². The molecule has 1 aromatic rings. The first-order chi connectivity index (χ1) is 9.74. The fourth-order valence-corrected chi connectivity index (χ4v) is 3.70. The average molecular weight is 321 g/mol. The first kappa shape index (κ1) is 16.6. The van der Waals surface area contributed by atoms with E-state index in [0.717, 1.165) is 37.0 Å². The fraction of sp³-hybridized carbons (Fsp3) is 0.571. The Labute approximate surface area is 126 Å². The summed E-state index contributed by atoms with van der Waals surface area (Å²) in [6.45, 7) is 3.33. The molecule has 0 radical (unpaired) electrons. The predicted molar refractivity (Wildman–Crippen MR) is 70.2 cm³/mol. The molecule has 2 saturated heterocycles. The molecule has 2 aliphatic heterocycles. The van der Waals surface area contributed by atoms with Gasteiger partial charge in [-0.05, 0) is 0 Å². The molecular formula is C14H23ClNO5+. The summed E-state index contributed by atoms with van der Waals surface area (Å²) in [7, 11) is -4.19. The average Bonchev–Trinajstić information content (AvgIpc) is 2.81. The zero-order valence-corrected chi connectivity index (χ0v) is 12.6. The van der Waals surface area contributed by atoms with Crippen LogP contribution in [-0.2, 0) is 6.54 Å². The molecule has 0 atom stereocenters. The molecule has 0 amide bonds. The summed E-state index contributed by atoms with van der Waals surface area (Å²) in [6.07, 6.45) is 4.37. The van der Waals surface area contributed by atoms with Crippen LogP contribution in [0.1, 0.15) is 31.2 Å². The van der Waals surface area contributed by atoms with Crippen molar-refractivity contribution in [1.82, 2.24) is 0 Å². The first-order valence-corrected chi connectivity index (χ1v) is 8.35. The number of hydrogen-bond donors (Lipinski definition) is 4. The molecule has 0 aromatic heterocycles. The monoisotopic (exact) mass is 320 g/mol. The second-order valence-electron chi connectivity index (χ2n) is 5.86. The fourth-order valence-electron chi connectivity index (χ4n) is 3.70. The number of hydrogen-bond acceptors (Lipinski definition) is 5. The molecule has 2 fully saturated rings. The van der Waals surface area contributed by atoms with Crippen LogP contribution in [0.2, 0.25) is 0 Å². The van der Waals surface area contributed by atoms with Crippen molar-refractivity contribution in [3.8, 4) is 0 Å². The Morgan fingerprint density at radius 2 is 1.52 bits per heavy atom. The van der Waals surface area contributed by atoms with Gasteiger partial charge in [0.2, 0.25) is 5.72 Å². The van der Waals surface area contributed by atoms with E-state index in [1.165, 1.54) is 18.4 Å². The van der Waals surface area contributed by atoms with Crippen molar-refractivity contribution < 1.29 is 38.5 Å². The molecule has 3 rings (SSSR count). The van der Waals surface area contributed by atoms with Crippen LogP contribution >= 0.6 is 0 Å². The van der Waals surface area contributed by atoms with E-state index < -0.39 is 16.0 Å². The number of nitrogens with zero attached hydrogens (tertiary/aromatic N) is 1. The molecular weight excluding hydrogens is 298 g/mol. The Hall–Kier alpha value is -0.730. The predicted octanol–water partition coefficient (Wildman–Crippen LogP) is -0.580. The van der Waals surface area contributed by atoms with Gasteiger partial charge in [0, 0.05) is 31.2 Å². The van der Waals surface area contributed by atoms with Crippen molar-refractivity contribution in [2.45, 2.75) is 38.0 Å². The Morgan fingerprint density at radius 1 is 1.05 bits per heavy atom. The van der Waals surface area contributed by atoms with E-state index in [4.69, 9.17) is 18.6 Å². The summed E-state index contributed by atoms with van der Waals surface area (Å²) >= 11 is 0. The van der Waals surface area contributed by atoms with Crippen LogP contribution in [0.4, 0.5) is 0 Å². The van der Waals surface area contributed by atoms with Gasteiger partial charge in [-0.3, -0.25) is 4.48 Å². The molecule has 6 nitrogen and oxygen atoms in total. The molecule has 0 saturated carbocycles. The Kier molecular flexibility index (Phi) is 4.89. The SMILES string of the molecule is OC12CCC[N+]1(Cc1ccccc1)CCC2.[O-][Cl+](O)(O)O. The molecule has 2 heterocycles. The molecule has 21 heavy (non-hydrogen) atoms. The first-order valence-electron chi connectivity index (χ1n) is 7.03. The second kappa shape index (κ2) is 6.18. The van der Waals surface area contributed by atoms with E-state index in [2.05, 4.69) is 30.3 Å². The molecule has 0 bridgehead atoms. The van der Waals surface area contributed by atoms with Crippen LogP contribution in [0.3, 0.4) is 0 Å². The molecule has 2 aliphatic rings. The van der Waals surface area contributed by atoms with Gasteiger partial charge in [-0.2, -0.15) is 0 Å². The van der Waals surface area contributed by atoms with Gasteiger partial charge >= 0.3 is 28.9 Å². The number of fused-ring (bicyclic) bond motifs is 1. The molecule has 7 heteroatoms. The van der Waals surface area contributed by atoms with Gasteiger partial charge in [-0.1, -0.05) is 30.3 Å². The number of quaternary nitrogens is 1. The van der Waals surface area contributed by atoms with Crippen molar-refractivity contribution in [3.05, 3.63) is 35.9 Å². The van der Waals surface area contributed by atoms with Crippen molar-refractivity contribution in [1.29, 1.82) is 0 Å². The Bertz CT molecular complexity index is 446. The Morgan fingerprint density at radius 3 is 2.00 bits per heavy atom. The summed E-state index contributed by atoms with van der Waals surface area (Å²) in [6, 6.07) is 10.6. The van der Waals surface area contributed by atoms with Crippen LogP contribution in [0.25, 0.3) is 0 Å². The zero-order chi connectivity index (χ0) is 15.6. The van der Waals surface area contributed by atoms with Crippen molar-refractivity contribution in [2.75, 3.05) is 13.1 Å². The van der Waals surface area contributed by atoms with Gasteiger partial charge in [-0.15, -0.1) is 0 Å². The standard InChI is InChI=1S/C14H20NO.ClH3O4/c16-14-8-4-10-15(14,11-5-9-14)12-13-6-2-1-3-7-13;2-1(3,4)5/h1-3,6-7,16H,4-5,8-12H2;2-4H/q+1;. The van der Waals surface area contributed by atoms with Crippen molar-refractivity contribution in [3.63, 3.8) is 0 Å². The quantitative estimate of drug-likeness (QED) is 0.546. The van der Waals surface area contributed by atoms with Gasteiger partial charge in [0.25, 0.3) is 0 Å². The minimum atomic E-state index is -4.19. The number of halogens is 1. The molecule has 120 valence electrons. The molecule has 1 aromatic carbocycles. The van der Waals surface area contributed by atoms with Crippen LogP contribution in [-0.4, -0.2) is 42.4 Å². The summed E-state index contributed by atoms with van der Waals surface area (Å²) in [5.41, 5.74) is 0.959. The van der Waals surface area contributed by atoms with E-state index in [1.807, 2.05) is 0 Å². The van der Waals surface area contributed by atoms with Crippen LogP contribution in [0.15, 0.2) is 30.3 Å². The van der Waals surface area contributed by atoms with Crippen LogP contribution in [0, 0.1) is 10.2 Å². The van der Waals surface area contributed by atoms with Gasteiger partial charge in [0.1, 0.15) is 6.54 Å².